The summed E-state index contributed by atoms with van der Waals surface area (Å²) in [5.74, 6) is 1.15. The van der Waals surface area contributed by atoms with Crippen molar-refractivity contribution in [2.75, 3.05) is 7.05 Å². The van der Waals surface area contributed by atoms with Gasteiger partial charge in [-0.1, -0.05) is 0 Å². The van der Waals surface area contributed by atoms with Gasteiger partial charge in [0.15, 0.2) is 0 Å². The van der Waals surface area contributed by atoms with Crippen LogP contribution in [-0.2, 0) is 16.6 Å². The summed E-state index contributed by atoms with van der Waals surface area (Å²) >= 11 is 0.929. The molecule has 0 unspecified atom stereocenters. The maximum atomic E-state index is 12.2. The highest BCUT2D eigenvalue weighted by atomic mass is 32.2. The van der Waals surface area contributed by atoms with Gasteiger partial charge in [-0.25, -0.2) is 13.6 Å². The number of hydrogen-bond acceptors (Lipinski definition) is 5. The molecule has 0 aliphatic rings. The predicted molar refractivity (Wildman–Crippen MR) is 74.9 cm³/mol. The summed E-state index contributed by atoms with van der Waals surface area (Å²) in [7, 11) is -2.15. The Morgan fingerprint density at radius 1 is 1.45 bits per heavy atom. The van der Waals surface area contributed by atoms with E-state index in [0.717, 1.165) is 17.1 Å². The molecule has 2 aromatic rings. The minimum Gasteiger partial charge on any atom is -0.464 e. The molecule has 2 heterocycles. The standard InChI is InChI=1S/C12H14N2O4S2/c1-8-3-4-10(18-8)6-14(2)12(15)9-5-11(19-7-9)20(13,16)17/h3-5,7H,6H2,1-2H3,(H2,13,16,17). The van der Waals surface area contributed by atoms with Crippen LogP contribution in [0.2, 0.25) is 0 Å². The molecular weight excluding hydrogens is 300 g/mol. The molecule has 0 aromatic carbocycles. The summed E-state index contributed by atoms with van der Waals surface area (Å²) in [5, 5.41) is 6.49. The minimum absolute atomic E-state index is 0.0249. The molecule has 0 fully saturated rings. The van der Waals surface area contributed by atoms with Crippen molar-refractivity contribution >= 4 is 27.3 Å². The molecule has 108 valence electrons. The molecule has 0 saturated heterocycles. The van der Waals surface area contributed by atoms with E-state index in [1.54, 1.807) is 13.1 Å². The van der Waals surface area contributed by atoms with Crippen molar-refractivity contribution in [3.05, 3.63) is 40.7 Å². The second-order valence-corrected chi connectivity index (χ2v) is 7.07. The highest BCUT2D eigenvalue weighted by Gasteiger charge is 2.18. The Balaban J connectivity index is 2.12. The zero-order chi connectivity index (χ0) is 14.9. The number of carbonyl (C=O) groups excluding carboxylic acids is 1. The van der Waals surface area contributed by atoms with Crippen LogP contribution in [0, 0.1) is 6.92 Å². The zero-order valence-electron chi connectivity index (χ0n) is 11.0. The van der Waals surface area contributed by atoms with E-state index in [0.29, 0.717) is 17.9 Å². The zero-order valence-corrected chi connectivity index (χ0v) is 12.6. The van der Waals surface area contributed by atoms with Crippen molar-refractivity contribution in [2.45, 2.75) is 17.7 Å². The number of carbonyl (C=O) groups is 1. The van der Waals surface area contributed by atoms with Crippen molar-refractivity contribution in [1.29, 1.82) is 0 Å². The molecule has 2 rings (SSSR count). The van der Waals surface area contributed by atoms with Gasteiger partial charge in [-0.15, -0.1) is 11.3 Å². The lowest BCUT2D eigenvalue weighted by Crippen LogP contribution is -2.25. The van der Waals surface area contributed by atoms with Crippen molar-refractivity contribution in [3.8, 4) is 0 Å². The van der Waals surface area contributed by atoms with Crippen LogP contribution in [0.3, 0.4) is 0 Å². The average Bonchev–Trinajstić information content (AvgIpc) is 2.96. The van der Waals surface area contributed by atoms with E-state index in [4.69, 9.17) is 9.56 Å². The number of nitrogens with two attached hydrogens (primary N) is 1. The summed E-state index contributed by atoms with van der Waals surface area (Å²) in [5.41, 5.74) is 0.296. The number of primary sulfonamides is 1. The number of sulfonamides is 1. The van der Waals surface area contributed by atoms with E-state index in [1.165, 1.54) is 16.3 Å². The Morgan fingerprint density at radius 3 is 2.65 bits per heavy atom. The second-order valence-electron chi connectivity index (χ2n) is 4.37. The van der Waals surface area contributed by atoms with E-state index in [1.807, 2.05) is 13.0 Å². The van der Waals surface area contributed by atoms with Gasteiger partial charge in [0.25, 0.3) is 5.91 Å². The minimum atomic E-state index is -3.77. The number of amides is 1. The van der Waals surface area contributed by atoms with E-state index in [-0.39, 0.29) is 10.1 Å². The van der Waals surface area contributed by atoms with Gasteiger partial charge < -0.3 is 9.32 Å². The molecule has 0 bridgehead atoms. The topological polar surface area (TPSA) is 93.6 Å². The maximum absolute atomic E-state index is 12.2. The normalized spacial score (nSPS) is 11.6. The fraction of sp³-hybridized carbons (Fsp3) is 0.250. The van der Waals surface area contributed by atoms with Crippen molar-refractivity contribution in [2.24, 2.45) is 5.14 Å². The molecule has 2 aromatic heterocycles. The molecule has 20 heavy (non-hydrogen) atoms. The van der Waals surface area contributed by atoms with Crippen molar-refractivity contribution in [1.82, 2.24) is 4.90 Å². The Hall–Kier alpha value is -1.64. The summed E-state index contributed by atoms with van der Waals surface area (Å²) in [6.45, 7) is 2.13. The average molecular weight is 314 g/mol. The van der Waals surface area contributed by atoms with Crippen LogP contribution in [0.1, 0.15) is 21.9 Å². The Labute approximate surface area is 120 Å². The van der Waals surface area contributed by atoms with Gasteiger partial charge in [-0.2, -0.15) is 0 Å². The van der Waals surface area contributed by atoms with E-state index >= 15 is 0 Å². The second kappa shape index (κ2) is 5.39. The third kappa shape index (κ3) is 3.27. The van der Waals surface area contributed by atoms with Crippen LogP contribution in [0.5, 0.6) is 0 Å². The number of aryl methyl sites for hydroxylation is 1. The van der Waals surface area contributed by atoms with E-state index in [2.05, 4.69) is 0 Å². The van der Waals surface area contributed by atoms with Crippen LogP contribution in [0.25, 0.3) is 0 Å². The third-order valence-electron chi connectivity index (χ3n) is 2.64. The highest BCUT2D eigenvalue weighted by Crippen LogP contribution is 2.20. The fourth-order valence-corrected chi connectivity index (χ4v) is 3.25. The number of furan rings is 1. The Bertz CT molecular complexity index is 730. The summed E-state index contributed by atoms with van der Waals surface area (Å²) < 4.78 is 27.7. The van der Waals surface area contributed by atoms with Crippen LogP contribution in [0.15, 0.2) is 32.2 Å². The third-order valence-corrected chi connectivity index (χ3v) is 5.02. The molecule has 1 amide bonds. The molecule has 0 spiro atoms. The summed E-state index contributed by atoms with van der Waals surface area (Å²) in [4.78, 5) is 13.6. The lowest BCUT2D eigenvalue weighted by atomic mass is 10.3. The molecule has 0 aliphatic carbocycles. The van der Waals surface area contributed by atoms with Gasteiger partial charge in [0, 0.05) is 12.4 Å². The lowest BCUT2D eigenvalue weighted by Gasteiger charge is -2.14. The Morgan fingerprint density at radius 2 is 2.15 bits per heavy atom. The van der Waals surface area contributed by atoms with Crippen LogP contribution in [0.4, 0.5) is 0 Å². The Kier molecular flexibility index (Phi) is 3.98. The van der Waals surface area contributed by atoms with Gasteiger partial charge in [0.1, 0.15) is 15.7 Å². The molecule has 0 saturated carbocycles. The van der Waals surface area contributed by atoms with Gasteiger partial charge >= 0.3 is 0 Å². The van der Waals surface area contributed by atoms with Gasteiger partial charge in [-0.05, 0) is 25.1 Å². The predicted octanol–water partition coefficient (Wildman–Crippen LogP) is 1.57. The first-order valence-corrected chi connectivity index (χ1v) is 8.12. The molecule has 0 radical (unpaired) electrons. The molecule has 2 N–H and O–H groups in total. The number of nitrogens with zero attached hydrogens (tertiary/aromatic N) is 1. The quantitative estimate of drug-likeness (QED) is 0.927. The van der Waals surface area contributed by atoms with Gasteiger partial charge in [-0.3, -0.25) is 4.79 Å². The lowest BCUT2D eigenvalue weighted by molar-refractivity contribution is 0.0775. The van der Waals surface area contributed by atoms with Crippen molar-refractivity contribution < 1.29 is 17.6 Å². The fourth-order valence-electron chi connectivity index (χ4n) is 1.67. The largest absolute Gasteiger partial charge is 0.464 e. The number of rotatable bonds is 4. The summed E-state index contributed by atoms with van der Waals surface area (Å²) in [6, 6.07) is 4.89. The van der Waals surface area contributed by atoms with E-state index in [9.17, 15) is 13.2 Å². The maximum Gasteiger partial charge on any atom is 0.254 e. The molecule has 0 aliphatic heterocycles. The SMILES string of the molecule is Cc1ccc(CN(C)C(=O)c2csc(S(N)(=O)=O)c2)o1. The first-order valence-electron chi connectivity index (χ1n) is 5.69. The van der Waals surface area contributed by atoms with Crippen LogP contribution < -0.4 is 5.14 Å². The van der Waals surface area contributed by atoms with E-state index < -0.39 is 10.0 Å². The van der Waals surface area contributed by atoms with Gasteiger partial charge in [0.2, 0.25) is 10.0 Å². The van der Waals surface area contributed by atoms with Crippen LogP contribution in [-0.4, -0.2) is 26.3 Å². The summed E-state index contributed by atoms with van der Waals surface area (Å²) in [6.07, 6.45) is 0. The highest BCUT2D eigenvalue weighted by molar-refractivity contribution is 7.91. The first-order chi connectivity index (χ1) is 9.27. The smallest absolute Gasteiger partial charge is 0.254 e. The van der Waals surface area contributed by atoms with Crippen LogP contribution >= 0.6 is 11.3 Å². The monoisotopic (exact) mass is 314 g/mol. The molecule has 6 nitrogen and oxygen atoms in total. The number of thiophene rings is 1. The number of hydrogen-bond donors (Lipinski definition) is 1. The molecule has 0 atom stereocenters. The van der Waals surface area contributed by atoms with Crippen molar-refractivity contribution in [3.63, 3.8) is 0 Å². The first kappa shape index (κ1) is 14.8. The molecular formula is C12H14N2O4S2. The molecule has 8 heteroatoms. The van der Waals surface area contributed by atoms with Gasteiger partial charge in [0.05, 0.1) is 12.1 Å².